The molecule has 4 fully saturated rings. The molecule has 4 saturated carbocycles. The van der Waals surface area contributed by atoms with Gasteiger partial charge in [0.2, 0.25) is 0 Å². The zero-order chi connectivity index (χ0) is 72.4. The van der Waals surface area contributed by atoms with Crippen molar-refractivity contribution >= 4 is 77.9 Å². The minimum atomic E-state index is -1.97. The SMILES string of the molecule is Cc1ccc2c(c1)C1C(C3C=CC=CC3C1[Si](C)(CCCCCCOC(C)(C)C)C1C3C=CC=CC3C3C=CC=CC31)N2C[Si](C)(C)C.Cc1ccc2c(c1)C1C(C3C=CC=CC3C1[Si](C)(CCCCCCOC(C)(C)C)C1C3C=CC=CC3C3C=CC=CC31)N2[Si](C)(C)C.[CH3-].[CH3-].[CH3-].[CH3-].[Cl][Zr+2][Cl].[Cl][Zr+2][Cl]. The molecule has 10 aliphatic carbocycles. The number of hydrogen-bond donors (Lipinski definition) is 0. The third-order valence-corrected chi connectivity index (χ3v) is 41.3. The zero-order valence-corrected chi connectivity index (χ0v) is 80.2. The summed E-state index contributed by atoms with van der Waals surface area (Å²) in [5.41, 5.74) is 12.3. The van der Waals surface area contributed by atoms with Gasteiger partial charge in [-0.25, -0.2) is 0 Å². The molecule has 0 aromatic heterocycles. The number of aryl methyl sites for hydroxylation is 2. The molecule has 0 amide bonds. The van der Waals surface area contributed by atoms with Crippen molar-refractivity contribution in [3.63, 3.8) is 0 Å². The van der Waals surface area contributed by atoms with Crippen molar-refractivity contribution in [2.45, 2.75) is 229 Å². The Labute approximate surface area is 684 Å². The summed E-state index contributed by atoms with van der Waals surface area (Å²) in [5, 5.41) is 0. The van der Waals surface area contributed by atoms with Gasteiger partial charge >= 0.3 is 75.7 Å². The summed E-state index contributed by atoms with van der Waals surface area (Å²) in [6, 6.07) is 19.1. The minimum absolute atomic E-state index is 0. The molecule has 14 rings (SSSR count). The standard InChI is InChI=1S/C44H63NOSi2.C43H61NOSi2.4CH3.4ClH.2Zr/c1-31-25-26-39-38(29-31)40-41(45(39)30-47(5,6)7)34-21-13-16-24-37(34)43(40)48(8,28-18-10-9-17-27-46-44(2,3)4)42-35-22-14-11-19-32(35)33-20-12-15-23-36(33)42;1-30-25-26-38-37(29-30)39-40(44(38)46(5,6)7)33-21-13-16-24-36(33)42(39)47(8,28-18-10-9-17-27-45-43(2,3)4)41-34-22-14-11-19-31(34)32-20-12-15-23-35(32)41;;;;;;;;;;/h11-16,19-26,29,32-37,40-43H,9-10,17-18,27-28,30H2,1-8H3;11-16,19-26,29,31-36,39-42H,9-10,17-18,27-28H2,1-8H3;4*1H3;4*1H;;/q;;4*-1;;;;;2*+4/p-4. The molecule has 0 bridgehead atoms. The number of hydrogen-bond acceptors (Lipinski definition) is 4. The molecule has 2 aromatic carbocycles. The number of anilines is 2. The molecule has 574 valence electrons. The number of ether oxygens (including phenoxy) is 2. The molecule has 0 saturated heterocycles. The summed E-state index contributed by atoms with van der Waals surface area (Å²) in [4.78, 5) is 2.96. The van der Waals surface area contributed by atoms with Gasteiger partial charge in [0, 0.05) is 66.5 Å². The van der Waals surface area contributed by atoms with Gasteiger partial charge in [0.05, 0.1) is 35.4 Å². The second kappa shape index (κ2) is 38.6. The Bertz CT molecular complexity index is 3480. The number of nitrogens with zero attached hydrogens (tertiary/aromatic N) is 2. The fraction of sp³-hybridized carbons (Fsp3) is 0.560. The van der Waals surface area contributed by atoms with Crippen LogP contribution in [0.3, 0.4) is 0 Å². The second-order valence-electron chi connectivity index (χ2n) is 36.9. The molecule has 2 aliphatic heterocycles. The fourth-order valence-corrected chi connectivity index (χ4v) is 40.5. The van der Waals surface area contributed by atoms with Crippen LogP contribution in [0.5, 0.6) is 0 Å². The van der Waals surface area contributed by atoms with E-state index >= 15 is 0 Å². The van der Waals surface area contributed by atoms with Crippen molar-refractivity contribution in [1.29, 1.82) is 0 Å². The molecule has 14 heteroatoms. The predicted molar refractivity (Wildman–Crippen MR) is 469 cm³/mol. The molecular formula is C91H136Cl4N2O2Si4Zr2. The Balaban J connectivity index is 0.000000264. The number of rotatable bonds is 21. The second-order valence-corrected chi connectivity index (χ2v) is 64.4. The molecule has 2 heterocycles. The van der Waals surface area contributed by atoms with Gasteiger partial charge < -0.3 is 48.6 Å². The number of allylic oxidation sites excluding steroid dienone is 22. The van der Waals surface area contributed by atoms with Gasteiger partial charge in [0.25, 0.3) is 0 Å². The van der Waals surface area contributed by atoms with E-state index < -0.39 is 74.2 Å². The number of unbranched alkanes of at least 4 members (excludes halogenated alkanes) is 6. The molecule has 2 aromatic rings. The summed E-state index contributed by atoms with van der Waals surface area (Å²) in [7, 11) is 12.8. The van der Waals surface area contributed by atoms with Crippen LogP contribution < -0.4 is 9.47 Å². The topological polar surface area (TPSA) is 24.9 Å². The van der Waals surface area contributed by atoms with Crippen LogP contribution in [0.4, 0.5) is 11.4 Å². The Hall–Kier alpha value is -1.37. The summed E-state index contributed by atoms with van der Waals surface area (Å²) < 4.78 is 15.2. The van der Waals surface area contributed by atoms with Crippen molar-refractivity contribution in [1.82, 2.24) is 0 Å². The Morgan fingerprint density at radius 2 is 0.657 bits per heavy atom. The van der Waals surface area contributed by atoms with Crippen LogP contribution in [0, 0.1) is 115 Å². The predicted octanol–water partition coefficient (Wildman–Crippen LogP) is 27.4. The van der Waals surface area contributed by atoms with Crippen molar-refractivity contribution in [2.24, 2.45) is 71.0 Å². The van der Waals surface area contributed by atoms with Crippen molar-refractivity contribution in [3.05, 3.63) is 234 Å². The Morgan fingerprint density at radius 1 is 0.371 bits per heavy atom. The average molecular weight is 1730 g/mol. The van der Waals surface area contributed by atoms with Gasteiger partial charge in [-0.3, -0.25) is 0 Å². The molecule has 0 spiro atoms. The molecule has 105 heavy (non-hydrogen) atoms. The van der Waals surface area contributed by atoms with Crippen LogP contribution in [0.25, 0.3) is 0 Å². The first-order valence-electron chi connectivity index (χ1n) is 39.2. The molecule has 0 radical (unpaired) electrons. The van der Waals surface area contributed by atoms with Crippen molar-refractivity contribution in [2.75, 3.05) is 28.8 Å². The Kier molecular flexibility index (Phi) is 33.4. The van der Waals surface area contributed by atoms with Gasteiger partial charge in [-0.2, -0.15) is 0 Å². The van der Waals surface area contributed by atoms with Gasteiger partial charge in [0.1, 0.15) is 8.24 Å². The molecule has 0 N–H and O–H groups in total. The number of fused-ring (bicyclic) bond motifs is 16. The molecule has 20 unspecified atom stereocenters. The normalized spacial score (nSPS) is 32.4. The fourth-order valence-electron chi connectivity index (χ4n) is 23.1. The molecule has 20 atom stereocenters. The van der Waals surface area contributed by atoms with Gasteiger partial charge in [0.15, 0.2) is 0 Å². The van der Waals surface area contributed by atoms with E-state index in [1.54, 1.807) is 22.5 Å². The number of halogens is 4. The first-order valence-corrected chi connectivity index (χ1v) is 64.7. The maximum atomic E-state index is 6.12. The van der Waals surface area contributed by atoms with E-state index in [4.69, 9.17) is 43.5 Å². The number of benzene rings is 2. The van der Waals surface area contributed by atoms with E-state index in [9.17, 15) is 0 Å². The van der Waals surface area contributed by atoms with Gasteiger partial charge in [-0.15, -0.1) is 0 Å². The van der Waals surface area contributed by atoms with Crippen molar-refractivity contribution < 1.29 is 51.2 Å². The molecule has 4 nitrogen and oxygen atoms in total. The van der Waals surface area contributed by atoms with E-state index in [0.717, 1.165) is 35.4 Å². The Morgan fingerprint density at radius 3 is 0.990 bits per heavy atom. The summed E-state index contributed by atoms with van der Waals surface area (Å²) in [6.45, 7) is 40.9. The van der Waals surface area contributed by atoms with Gasteiger partial charge in [-0.1, -0.05) is 284 Å². The van der Waals surface area contributed by atoms with Crippen LogP contribution in [-0.4, -0.2) is 75.1 Å². The van der Waals surface area contributed by atoms with E-state index in [1.807, 2.05) is 0 Å². The summed E-state index contributed by atoms with van der Waals surface area (Å²) >= 11 is -1.65. The van der Waals surface area contributed by atoms with Gasteiger partial charge in [-0.05, 0) is 173 Å². The summed E-state index contributed by atoms with van der Waals surface area (Å²) in [5.74, 6) is 8.95. The molecular weight excluding hydrogens is 1590 g/mol. The average Bonchev–Trinajstić information content (AvgIpc) is 1.53. The third kappa shape index (κ3) is 19.7. The summed E-state index contributed by atoms with van der Waals surface area (Å²) in [6.07, 6.45) is 71.9. The zero-order valence-electron chi connectivity index (χ0n) is 68.3. The third-order valence-electron chi connectivity index (χ3n) is 26.0. The van der Waals surface area contributed by atoms with Crippen LogP contribution in [0.15, 0.2) is 182 Å². The monoisotopic (exact) mass is 1720 g/mol. The van der Waals surface area contributed by atoms with E-state index in [0.29, 0.717) is 94.9 Å². The van der Waals surface area contributed by atoms with E-state index in [2.05, 4.69) is 299 Å². The maximum absolute atomic E-state index is 6.12. The first-order chi connectivity index (χ1) is 48.1. The van der Waals surface area contributed by atoms with Crippen LogP contribution in [-0.2, 0) is 51.2 Å². The van der Waals surface area contributed by atoms with E-state index in [-0.39, 0.29) is 40.9 Å². The van der Waals surface area contributed by atoms with Crippen LogP contribution in [0.2, 0.25) is 86.6 Å². The van der Waals surface area contributed by atoms with Crippen molar-refractivity contribution in [3.8, 4) is 0 Å². The van der Waals surface area contributed by atoms with Crippen LogP contribution in [0.1, 0.15) is 127 Å². The van der Waals surface area contributed by atoms with E-state index in [1.165, 1.54) is 80.7 Å². The van der Waals surface area contributed by atoms with Crippen LogP contribution >= 0.6 is 34.1 Å². The molecule has 12 aliphatic rings. The quantitative estimate of drug-likeness (QED) is 0.0707. The first kappa shape index (κ1) is 90.8.